The zero-order chi connectivity index (χ0) is 14.7. The van der Waals surface area contributed by atoms with Gasteiger partial charge in [0.1, 0.15) is 0 Å². The SMILES string of the molecule is Cc1ccc(Cl)cc1NC(=O)[C@@H]1CC=CC[C@@H]1C(=O)O. The van der Waals surface area contributed by atoms with E-state index in [1.165, 1.54) is 0 Å². The molecule has 1 aliphatic rings. The van der Waals surface area contributed by atoms with Gasteiger partial charge in [0.2, 0.25) is 5.91 Å². The summed E-state index contributed by atoms with van der Waals surface area (Å²) in [6.07, 6.45) is 4.51. The van der Waals surface area contributed by atoms with Crippen LogP contribution in [0.25, 0.3) is 0 Å². The van der Waals surface area contributed by atoms with Crippen LogP contribution in [0.15, 0.2) is 30.4 Å². The second-order valence-electron chi connectivity index (χ2n) is 4.94. The number of aliphatic carboxylic acids is 1. The predicted molar refractivity (Wildman–Crippen MR) is 77.8 cm³/mol. The molecule has 0 saturated carbocycles. The lowest BCUT2D eigenvalue weighted by molar-refractivity contribution is -0.146. The van der Waals surface area contributed by atoms with Crippen molar-refractivity contribution >= 4 is 29.2 Å². The lowest BCUT2D eigenvalue weighted by Crippen LogP contribution is -2.34. The van der Waals surface area contributed by atoms with Gasteiger partial charge in [-0.2, -0.15) is 0 Å². The molecule has 0 aromatic heterocycles. The molecule has 0 saturated heterocycles. The van der Waals surface area contributed by atoms with Crippen molar-refractivity contribution in [2.45, 2.75) is 19.8 Å². The molecular weight excluding hydrogens is 278 g/mol. The standard InChI is InChI=1S/C15H16ClNO3/c1-9-6-7-10(16)8-13(9)17-14(18)11-4-2-3-5-12(11)15(19)20/h2-3,6-8,11-12H,4-5H2,1H3,(H,17,18)(H,19,20)/t11-,12+/m1/s1. The molecule has 20 heavy (non-hydrogen) atoms. The molecule has 0 heterocycles. The highest BCUT2D eigenvalue weighted by atomic mass is 35.5. The van der Waals surface area contributed by atoms with Gasteiger partial charge in [-0.3, -0.25) is 9.59 Å². The van der Waals surface area contributed by atoms with Crippen LogP contribution in [0, 0.1) is 18.8 Å². The van der Waals surface area contributed by atoms with Crippen LogP contribution < -0.4 is 5.32 Å². The first-order chi connectivity index (χ1) is 9.49. The molecule has 0 aliphatic heterocycles. The molecule has 0 fully saturated rings. The first-order valence-electron chi connectivity index (χ1n) is 6.44. The number of rotatable bonds is 3. The number of halogens is 1. The van der Waals surface area contributed by atoms with Gasteiger partial charge in [-0.15, -0.1) is 0 Å². The molecule has 4 nitrogen and oxygen atoms in total. The van der Waals surface area contributed by atoms with E-state index in [4.69, 9.17) is 11.6 Å². The van der Waals surface area contributed by atoms with Crippen molar-refractivity contribution in [3.05, 3.63) is 40.9 Å². The van der Waals surface area contributed by atoms with E-state index in [1.54, 1.807) is 12.1 Å². The van der Waals surface area contributed by atoms with Gasteiger partial charge >= 0.3 is 5.97 Å². The summed E-state index contributed by atoms with van der Waals surface area (Å²) in [5, 5.41) is 12.5. The van der Waals surface area contributed by atoms with Crippen LogP contribution in [-0.2, 0) is 9.59 Å². The minimum atomic E-state index is -0.933. The first kappa shape index (κ1) is 14.6. The summed E-state index contributed by atoms with van der Waals surface area (Å²) in [4.78, 5) is 23.5. The van der Waals surface area contributed by atoms with E-state index in [2.05, 4.69) is 5.32 Å². The predicted octanol–water partition coefficient (Wildman–Crippen LogP) is 3.25. The van der Waals surface area contributed by atoms with Gasteiger partial charge in [-0.1, -0.05) is 29.8 Å². The zero-order valence-electron chi connectivity index (χ0n) is 11.1. The Labute approximate surface area is 122 Å². The van der Waals surface area contributed by atoms with E-state index in [0.717, 1.165) is 5.56 Å². The third-order valence-electron chi connectivity index (χ3n) is 3.54. The smallest absolute Gasteiger partial charge is 0.307 e. The quantitative estimate of drug-likeness (QED) is 0.841. The first-order valence-corrected chi connectivity index (χ1v) is 6.81. The van der Waals surface area contributed by atoms with Crippen molar-refractivity contribution < 1.29 is 14.7 Å². The number of amides is 1. The fraction of sp³-hybridized carbons (Fsp3) is 0.333. The van der Waals surface area contributed by atoms with Crippen LogP contribution >= 0.6 is 11.6 Å². The molecule has 0 radical (unpaired) electrons. The van der Waals surface area contributed by atoms with Gasteiger partial charge in [0, 0.05) is 10.7 Å². The van der Waals surface area contributed by atoms with Crippen molar-refractivity contribution in [2.24, 2.45) is 11.8 Å². The highest BCUT2D eigenvalue weighted by Crippen LogP contribution is 2.28. The van der Waals surface area contributed by atoms with E-state index < -0.39 is 17.8 Å². The van der Waals surface area contributed by atoms with Gasteiger partial charge in [0.15, 0.2) is 0 Å². The van der Waals surface area contributed by atoms with Gasteiger partial charge in [0.05, 0.1) is 11.8 Å². The van der Waals surface area contributed by atoms with E-state index >= 15 is 0 Å². The maximum absolute atomic E-state index is 12.3. The van der Waals surface area contributed by atoms with Crippen molar-refractivity contribution in [1.29, 1.82) is 0 Å². The average Bonchev–Trinajstić information content (AvgIpc) is 2.42. The summed E-state index contributed by atoms with van der Waals surface area (Å²) >= 11 is 5.91. The molecule has 1 aromatic carbocycles. The van der Waals surface area contributed by atoms with Crippen LogP contribution in [-0.4, -0.2) is 17.0 Å². The van der Waals surface area contributed by atoms with Crippen LogP contribution in [0.3, 0.4) is 0 Å². The lowest BCUT2D eigenvalue weighted by Gasteiger charge is -2.24. The minimum Gasteiger partial charge on any atom is -0.481 e. The molecule has 2 atom stereocenters. The van der Waals surface area contributed by atoms with Crippen molar-refractivity contribution in [3.8, 4) is 0 Å². The number of aryl methyl sites for hydroxylation is 1. The van der Waals surface area contributed by atoms with Gasteiger partial charge in [0.25, 0.3) is 0 Å². The number of allylic oxidation sites excluding steroid dienone is 2. The molecule has 5 heteroatoms. The second kappa shape index (κ2) is 6.09. The topological polar surface area (TPSA) is 66.4 Å². The summed E-state index contributed by atoms with van der Waals surface area (Å²) in [7, 11) is 0. The number of carboxylic acids is 1. The molecule has 1 aliphatic carbocycles. The maximum Gasteiger partial charge on any atom is 0.307 e. The second-order valence-corrected chi connectivity index (χ2v) is 5.38. The van der Waals surface area contributed by atoms with Crippen LogP contribution in [0.5, 0.6) is 0 Å². The summed E-state index contributed by atoms with van der Waals surface area (Å²) in [5.41, 5.74) is 1.52. The Kier molecular flexibility index (Phi) is 4.45. The van der Waals surface area contributed by atoms with E-state index in [-0.39, 0.29) is 5.91 Å². The van der Waals surface area contributed by atoms with Gasteiger partial charge in [-0.25, -0.2) is 0 Å². The number of hydrogen-bond donors (Lipinski definition) is 2. The molecule has 2 N–H and O–H groups in total. The molecule has 0 unspecified atom stereocenters. The number of benzene rings is 1. The number of hydrogen-bond acceptors (Lipinski definition) is 2. The van der Waals surface area contributed by atoms with Gasteiger partial charge in [-0.05, 0) is 37.5 Å². The molecule has 1 aromatic rings. The minimum absolute atomic E-state index is 0.271. The zero-order valence-corrected chi connectivity index (χ0v) is 11.9. The molecule has 106 valence electrons. The normalized spacial score (nSPS) is 21.5. The third kappa shape index (κ3) is 3.20. The Hall–Kier alpha value is -1.81. The van der Waals surface area contributed by atoms with Crippen LogP contribution in [0.4, 0.5) is 5.69 Å². The number of carboxylic acid groups (broad SMARTS) is 1. The van der Waals surface area contributed by atoms with Crippen LogP contribution in [0.1, 0.15) is 18.4 Å². The number of nitrogens with one attached hydrogen (secondary N) is 1. The largest absolute Gasteiger partial charge is 0.481 e. The molecule has 1 amide bonds. The summed E-state index contributed by atoms with van der Waals surface area (Å²) < 4.78 is 0. The fourth-order valence-electron chi connectivity index (χ4n) is 2.33. The van der Waals surface area contributed by atoms with E-state index in [1.807, 2.05) is 25.1 Å². The van der Waals surface area contributed by atoms with Crippen molar-refractivity contribution in [1.82, 2.24) is 0 Å². The number of carbonyl (C=O) groups is 2. The van der Waals surface area contributed by atoms with E-state index in [9.17, 15) is 14.7 Å². The third-order valence-corrected chi connectivity index (χ3v) is 3.78. The van der Waals surface area contributed by atoms with E-state index in [0.29, 0.717) is 23.6 Å². The monoisotopic (exact) mass is 293 g/mol. The molecule has 0 spiro atoms. The fourth-order valence-corrected chi connectivity index (χ4v) is 2.50. The molecule has 0 bridgehead atoms. The molecular formula is C15H16ClNO3. The summed E-state index contributed by atoms with van der Waals surface area (Å²) in [6.45, 7) is 1.86. The highest BCUT2D eigenvalue weighted by molar-refractivity contribution is 6.31. The van der Waals surface area contributed by atoms with Crippen LogP contribution in [0.2, 0.25) is 5.02 Å². The lowest BCUT2D eigenvalue weighted by atomic mass is 9.82. The summed E-state index contributed by atoms with van der Waals surface area (Å²) in [5.74, 6) is -2.42. The Morgan fingerprint density at radius 1 is 1.25 bits per heavy atom. The van der Waals surface area contributed by atoms with Crippen molar-refractivity contribution in [2.75, 3.05) is 5.32 Å². The number of carbonyl (C=O) groups excluding carboxylic acids is 1. The average molecular weight is 294 g/mol. The van der Waals surface area contributed by atoms with Gasteiger partial charge < -0.3 is 10.4 Å². The Bertz CT molecular complexity index is 568. The Morgan fingerprint density at radius 2 is 1.90 bits per heavy atom. The maximum atomic E-state index is 12.3. The highest BCUT2D eigenvalue weighted by Gasteiger charge is 2.34. The molecule has 2 rings (SSSR count). The summed E-state index contributed by atoms with van der Waals surface area (Å²) in [6, 6.07) is 5.23. The Morgan fingerprint density at radius 3 is 2.55 bits per heavy atom. The Balaban J connectivity index is 2.16. The van der Waals surface area contributed by atoms with Crippen molar-refractivity contribution in [3.63, 3.8) is 0 Å². The number of anilines is 1.